The standard InChI is InChI=1S/C21H24ClFN2O3S/c1-12-7-8-13-17(9-12)29-20(19(13)21(27)28-3)24-18(26)11-25(2)10-14-15(22)5-4-6-16(14)23/h4-6,12H,7-11H2,1-3H3,(H,24,26)/t12-/m0/s1. The molecule has 1 heterocycles. The van der Waals surface area contributed by atoms with Crippen LogP contribution in [0.25, 0.3) is 0 Å². The van der Waals surface area contributed by atoms with Crippen molar-refractivity contribution in [1.82, 2.24) is 4.90 Å². The molecule has 1 N–H and O–H groups in total. The Hall–Kier alpha value is -1.96. The van der Waals surface area contributed by atoms with E-state index in [0.717, 1.165) is 29.7 Å². The van der Waals surface area contributed by atoms with Gasteiger partial charge in [-0.05, 0) is 49.9 Å². The zero-order chi connectivity index (χ0) is 21.1. The summed E-state index contributed by atoms with van der Waals surface area (Å²) in [7, 11) is 3.06. The topological polar surface area (TPSA) is 58.6 Å². The lowest BCUT2D eigenvalue weighted by Crippen LogP contribution is -2.30. The SMILES string of the molecule is COC(=O)c1c(NC(=O)CN(C)Cc2c(F)cccc2Cl)sc2c1CC[C@H](C)C2. The maximum atomic E-state index is 14.0. The van der Waals surface area contributed by atoms with Gasteiger partial charge in [-0.3, -0.25) is 9.69 Å². The predicted molar refractivity (Wildman–Crippen MR) is 113 cm³/mol. The van der Waals surface area contributed by atoms with E-state index in [1.807, 2.05) is 0 Å². The number of thiophene rings is 1. The van der Waals surface area contributed by atoms with E-state index < -0.39 is 11.8 Å². The number of hydrogen-bond donors (Lipinski definition) is 1. The minimum atomic E-state index is -0.432. The Morgan fingerprint density at radius 2 is 2.17 bits per heavy atom. The molecule has 0 unspecified atom stereocenters. The lowest BCUT2D eigenvalue weighted by molar-refractivity contribution is -0.117. The van der Waals surface area contributed by atoms with Gasteiger partial charge >= 0.3 is 5.97 Å². The first kappa shape index (κ1) is 21.7. The molecule has 0 aliphatic heterocycles. The average molecular weight is 439 g/mol. The zero-order valence-corrected chi connectivity index (χ0v) is 18.3. The summed E-state index contributed by atoms with van der Waals surface area (Å²) in [6.07, 6.45) is 2.71. The molecule has 156 valence electrons. The van der Waals surface area contributed by atoms with E-state index in [1.54, 1.807) is 24.1 Å². The van der Waals surface area contributed by atoms with Crippen molar-refractivity contribution >= 4 is 39.8 Å². The van der Waals surface area contributed by atoms with E-state index in [2.05, 4.69) is 12.2 Å². The van der Waals surface area contributed by atoms with Crippen molar-refractivity contribution in [1.29, 1.82) is 0 Å². The van der Waals surface area contributed by atoms with Gasteiger partial charge in [0.1, 0.15) is 10.8 Å². The number of esters is 1. The molecule has 1 aromatic heterocycles. The molecule has 29 heavy (non-hydrogen) atoms. The normalized spacial score (nSPS) is 15.9. The van der Waals surface area contributed by atoms with E-state index in [-0.39, 0.29) is 19.0 Å². The minimum Gasteiger partial charge on any atom is -0.465 e. The summed E-state index contributed by atoms with van der Waals surface area (Å²) in [6.45, 7) is 2.41. The summed E-state index contributed by atoms with van der Waals surface area (Å²) in [5, 5.41) is 3.70. The number of likely N-dealkylation sites (N-methyl/N-ethyl adjacent to an activating group) is 1. The second-order valence-electron chi connectivity index (χ2n) is 7.47. The number of amides is 1. The summed E-state index contributed by atoms with van der Waals surface area (Å²) in [5.41, 5.74) is 1.80. The molecule has 2 aromatic rings. The first-order valence-corrected chi connectivity index (χ1v) is 10.6. The average Bonchev–Trinajstić information content (AvgIpc) is 3.00. The summed E-state index contributed by atoms with van der Waals surface area (Å²) < 4.78 is 18.9. The molecule has 1 aliphatic rings. The van der Waals surface area contributed by atoms with Crippen molar-refractivity contribution < 1.29 is 18.7 Å². The van der Waals surface area contributed by atoms with Crippen molar-refractivity contribution in [3.05, 3.63) is 50.6 Å². The van der Waals surface area contributed by atoms with Gasteiger partial charge in [-0.15, -0.1) is 11.3 Å². The molecule has 3 rings (SSSR count). The second-order valence-corrected chi connectivity index (χ2v) is 8.98. The van der Waals surface area contributed by atoms with Gasteiger partial charge in [-0.2, -0.15) is 0 Å². The third-order valence-corrected chi connectivity index (χ3v) is 6.58. The fourth-order valence-corrected chi connectivity index (χ4v) is 5.22. The maximum Gasteiger partial charge on any atom is 0.341 e. The highest BCUT2D eigenvalue weighted by Crippen LogP contribution is 2.40. The van der Waals surface area contributed by atoms with E-state index in [1.165, 1.54) is 24.5 Å². The van der Waals surface area contributed by atoms with Crippen LogP contribution in [0.5, 0.6) is 0 Å². The number of benzene rings is 1. The Morgan fingerprint density at radius 1 is 1.41 bits per heavy atom. The van der Waals surface area contributed by atoms with E-state index in [4.69, 9.17) is 16.3 Å². The second kappa shape index (κ2) is 9.24. The number of hydrogen-bond acceptors (Lipinski definition) is 5. The number of carbonyl (C=O) groups excluding carboxylic acids is 2. The van der Waals surface area contributed by atoms with Crippen molar-refractivity contribution in [2.24, 2.45) is 5.92 Å². The number of methoxy groups -OCH3 is 1. The van der Waals surface area contributed by atoms with Gasteiger partial charge in [0, 0.05) is 22.0 Å². The van der Waals surface area contributed by atoms with Gasteiger partial charge in [0.25, 0.3) is 0 Å². The molecule has 1 aliphatic carbocycles. The highest BCUT2D eigenvalue weighted by Gasteiger charge is 2.29. The van der Waals surface area contributed by atoms with Crippen LogP contribution < -0.4 is 5.32 Å². The van der Waals surface area contributed by atoms with Crippen LogP contribution in [0, 0.1) is 11.7 Å². The Kier molecular flexibility index (Phi) is 6.93. The Labute approximate surface area is 178 Å². The Morgan fingerprint density at radius 3 is 2.86 bits per heavy atom. The van der Waals surface area contributed by atoms with Crippen molar-refractivity contribution in [2.45, 2.75) is 32.7 Å². The van der Waals surface area contributed by atoms with Crippen LogP contribution in [-0.2, 0) is 28.9 Å². The van der Waals surface area contributed by atoms with Crippen LogP contribution in [0.3, 0.4) is 0 Å². The Balaban J connectivity index is 1.72. The monoisotopic (exact) mass is 438 g/mol. The van der Waals surface area contributed by atoms with Crippen LogP contribution in [-0.4, -0.2) is 37.5 Å². The number of rotatable bonds is 6. The fraction of sp³-hybridized carbons (Fsp3) is 0.429. The van der Waals surface area contributed by atoms with Gasteiger partial charge < -0.3 is 10.1 Å². The Bertz CT molecular complexity index is 911. The highest BCUT2D eigenvalue weighted by atomic mass is 35.5. The van der Waals surface area contributed by atoms with E-state index in [0.29, 0.717) is 27.1 Å². The smallest absolute Gasteiger partial charge is 0.341 e. The van der Waals surface area contributed by atoms with E-state index in [9.17, 15) is 14.0 Å². The molecule has 1 amide bonds. The van der Waals surface area contributed by atoms with Crippen LogP contribution in [0.4, 0.5) is 9.39 Å². The summed E-state index contributed by atoms with van der Waals surface area (Å²) in [4.78, 5) is 27.7. The van der Waals surface area contributed by atoms with Gasteiger partial charge in [-0.1, -0.05) is 24.6 Å². The molecule has 0 bridgehead atoms. The number of halogens is 2. The fourth-order valence-electron chi connectivity index (χ4n) is 3.58. The third-order valence-electron chi connectivity index (χ3n) is 5.06. The first-order valence-electron chi connectivity index (χ1n) is 9.44. The molecule has 0 spiro atoms. The molecule has 5 nitrogen and oxygen atoms in total. The molecule has 0 saturated heterocycles. The van der Waals surface area contributed by atoms with Crippen LogP contribution in [0.15, 0.2) is 18.2 Å². The first-order chi connectivity index (χ1) is 13.8. The molecule has 8 heteroatoms. The number of nitrogens with zero attached hydrogens (tertiary/aromatic N) is 1. The molecule has 0 saturated carbocycles. The molecule has 1 aromatic carbocycles. The minimum absolute atomic E-state index is 0.0320. The van der Waals surface area contributed by atoms with E-state index >= 15 is 0 Å². The zero-order valence-electron chi connectivity index (χ0n) is 16.7. The molecule has 0 fully saturated rings. The van der Waals surface area contributed by atoms with Gasteiger partial charge in [0.2, 0.25) is 5.91 Å². The van der Waals surface area contributed by atoms with Crippen molar-refractivity contribution in [3.63, 3.8) is 0 Å². The van der Waals surface area contributed by atoms with Crippen LogP contribution >= 0.6 is 22.9 Å². The van der Waals surface area contributed by atoms with Crippen molar-refractivity contribution in [2.75, 3.05) is 26.0 Å². The van der Waals surface area contributed by atoms with Crippen molar-refractivity contribution in [3.8, 4) is 0 Å². The summed E-state index contributed by atoms with van der Waals surface area (Å²) >= 11 is 7.51. The summed E-state index contributed by atoms with van der Waals surface area (Å²) in [6, 6.07) is 4.50. The van der Waals surface area contributed by atoms with Gasteiger partial charge in [-0.25, -0.2) is 9.18 Å². The number of anilines is 1. The molecule has 0 radical (unpaired) electrons. The van der Waals surface area contributed by atoms with Gasteiger partial charge in [0.15, 0.2) is 0 Å². The number of carbonyl (C=O) groups is 2. The number of ether oxygens (including phenoxy) is 1. The molecule has 1 atom stereocenters. The lowest BCUT2D eigenvalue weighted by atomic mass is 9.88. The molecular weight excluding hydrogens is 415 g/mol. The van der Waals surface area contributed by atoms with Gasteiger partial charge in [0.05, 0.1) is 19.2 Å². The van der Waals surface area contributed by atoms with Crippen LogP contribution in [0.1, 0.15) is 39.7 Å². The lowest BCUT2D eigenvalue weighted by Gasteiger charge is -2.18. The largest absolute Gasteiger partial charge is 0.465 e. The number of fused-ring (bicyclic) bond motifs is 1. The quantitative estimate of drug-likeness (QED) is 0.673. The predicted octanol–water partition coefficient (Wildman–Crippen LogP) is 4.52. The molecular formula is C21H24ClFN2O3S. The maximum absolute atomic E-state index is 14.0. The summed E-state index contributed by atoms with van der Waals surface area (Å²) in [5.74, 6) is -0.569. The number of nitrogens with one attached hydrogen (secondary N) is 1. The van der Waals surface area contributed by atoms with Crippen LogP contribution in [0.2, 0.25) is 5.02 Å². The highest BCUT2D eigenvalue weighted by molar-refractivity contribution is 7.17. The third kappa shape index (κ3) is 4.97.